The van der Waals surface area contributed by atoms with Crippen LogP contribution in [0.3, 0.4) is 0 Å². The number of carboxylic acids is 1. The number of rotatable bonds is 4. The third-order valence-electron chi connectivity index (χ3n) is 3.85. The Morgan fingerprint density at radius 3 is 2.57 bits per heavy atom. The zero-order valence-corrected chi connectivity index (χ0v) is 13.1. The molecule has 2 N–H and O–H groups in total. The van der Waals surface area contributed by atoms with Crippen LogP contribution < -0.4 is 5.32 Å². The van der Waals surface area contributed by atoms with Crippen LogP contribution >= 0.6 is 15.9 Å². The van der Waals surface area contributed by atoms with Gasteiger partial charge in [-0.05, 0) is 31.0 Å². The van der Waals surface area contributed by atoms with Gasteiger partial charge >= 0.3 is 5.97 Å². The van der Waals surface area contributed by atoms with E-state index in [1.165, 1.54) is 18.2 Å². The summed E-state index contributed by atoms with van der Waals surface area (Å²) in [7, 11) is 0. The third-order valence-corrected chi connectivity index (χ3v) is 4.35. The molecule has 0 unspecified atom stereocenters. The van der Waals surface area contributed by atoms with Gasteiger partial charge in [-0.3, -0.25) is 9.59 Å². The van der Waals surface area contributed by atoms with E-state index >= 15 is 0 Å². The molecule has 0 aliphatic heterocycles. The lowest BCUT2D eigenvalue weighted by Gasteiger charge is -2.37. The average Bonchev–Trinajstić information content (AvgIpc) is 2.41. The summed E-state index contributed by atoms with van der Waals surface area (Å²) in [5.41, 5.74) is -0.838. The van der Waals surface area contributed by atoms with Gasteiger partial charge in [-0.1, -0.05) is 35.2 Å². The van der Waals surface area contributed by atoms with Gasteiger partial charge in [-0.25, -0.2) is 4.39 Å². The number of benzene rings is 1. The molecule has 1 fully saturated rings. The SMILES string of the molecule is O=C(O)CC1(NC(=O)c2cc(Br)ccc2F)CCCCC1. The molecule has 0 atom stereocenters. The van der Waals surface area contributed by atoms with E-state index in [4.69, 9.17) is 5.11 Å². The number of hydrogen-bond acceptors (Lipinski definition) is 2. The molecule has 0 aromatic heterocycles. The van der Waals surface area contributed by atoms with Crippen molar-refractivity contribution in [1.29, 1.82) is 0 Å². The van der Waals surface area contributed by atoms with E-state index in [0.29, 0.717) is 17.3 Å². The van der Waals surface area contributed by atoms with Crippen LogP contribution in [0, 0.1) is 5.82 Å². The minimum Gasteiger partial charge on any atom is -0.481 e. The maximum absolute atomic E-state index is 13.8. The second kappa shape index (κ2) is 6.56. The van der Waals surface area contributed by atoms with Crippen molar-refractivity contribution < 1.29 is 19.1 Å². The molecule has 114 valence electrons. The number of carboxylic acid groups (broad SMARTS) is 1. The van der Waals surface area contributed by atoms with Crippen molar-refractivity contribution in [2.75, 3.05) is 0 Å². The van der Waals surface area contributed by atoms with Crippen molar-refractivity contribution in [3.63, 3.8) is 0 Å². The normalized spacial score (nSPS) is 17.2. The predicted molar refractivity (Wildman–Crippen MR) is 79.6 cm³/mol. The highest BCUT2D eigenvalue weighted by Gasteiger charge is 2.36. The monoisotopic (exact) mass is 357 g/mol. The maximum Gasteiger partial charge on any atom is 0.305 e. The molecular weight excluding hydrogens is 341 g/mol. The zero-order chi connectivity index (χ0) is 15.5. The van der Waals surface area contributed by atoms with Gasteiger partial charge in [0, 0.05) is 4.47 Å². The van der Waals surface area contributed by atoms with Gasteiger partial charge in [0.05, 0.1) is 17.5 Å². The topological polar surface area (TPSA) is 66.4 Å². The average molecular weight is 358 g/mol. The first kappa shape index (κ1) is 15.9. The first-order valence-corrected chi connectivity index (χ1v) is 7.71. The molecule has 1 aromatic rings. The Balaban J connectivity index is 2.21. The van der Waals surface area contributed by atoms with Crippen LogP contribution in [-0.4, -0.2) is 22.5 Å². The van der Waals surface area contributed by atoms with Gasteiger partial charge in [-0.2, -0.15) is 0 Å². The summed E-state index contributed by atoms with van der Waals surface area (Å²) in [6.45, 7) is 0. The summed E-state index contributed by atoms with van der Waals surface area (Å²) in [6.07, 6.45) is 3.86. The fourth-order valence-electron chi connectivity index (χ4n) is 2.84. The highest BCUT2D eigenvalue weighted by atomic mass is 79.9. The summed E-state index contributed by atoms with van der Waals surface area (Å²) in [6, 6.07) is 4.13. The number of halogens is 2. The largest absolute Gasteiger partial charge is 0.481 e. The number of carbonyl (C=O) groups is 2. The fourth-order valence-corrected chi connectivity index (χ4v) is 3.20. The predicted octanol–water partition coefficient (Wildman–Crippen LogP) is 3.50. The van der Waals surface area contributed by atoms with Crippen LogP contribution in [-0.2, 0) is 4.79 Å². The van der Waals surface area contributed by atoms with E-state index in [-0.39, 0.29) is 12.0 Å². The molecular formula is C15H17BrFNO3. The quantitative estimate of drug-likeness (QED) is 0.866. The molecule has 1 aliphatic rings. The molecule has 0 heterocycles. The van der Waals surface area contributed by atoms with Gasteiger partial charge in [0.1, 0.15) is 5.82 Å². The summed E-state index contributed by atoms with van der Waals surface area (Å²) >= 11 is 3.20. The summed E-state index contributed by atoms with van der Waals surface area (Å²) < 4.78 is 14.4. The Hall–Kier alpha value is -1.43. The van der Waals surface area contributed by atoms with Crippen LogP contribution in [0.5, 0.6) is 0 Å². The van der Waals surface area contributed by atoms with E-state index in [0.717, 1.165) is 19.3 Å². The zero-order valence-electron chi connectivity index (χ0n) is 11.5. The lowest BCUT2D eigenvalue weighted by molar-refractivity contribution is -0.139. The summed E-state index contributed by atoms with van der Waals surface area (Å²) in [5.74, 6) is -2.12. The van der Waals surface area contributed by atoms with Crippen LogP contribution in [0.15, 0.2) is 22.7 Å². The maximum atomic E-state index is 13.8. The molecule has 1 aliphatic carbocycles. The van der Waals surface area contributed by atoms with Gasteiger partial charge < -0.3 is 10.4 Å². The Bertz CT molecular complexity index is 556. The molecule has 1 amide bonds. The highest BCUT2D eigenvalue weighted by Crippen LogP contribution is 2.31. The Morgan fingerprint density at radius 2 is 1.95 bits per heavy atom. The van der Waals surface area contributed by atoms with E-state index in [2.05, 4.69) is 21.2 Å². The molecule has 1 aromatic carbocycles. The molecule has 21 heavy (non-hydrogen) atoms. The molecule has 6 heteroatoms. The van der Waals surface area contributed by atoms with Crippen LogP contribution in [0.2, 0.25) is 0 Å². The van der Waals surface area contributed by atoms with E-state index in [1.807, 2.05) is 0 Å². The molecule has 2 rings (SSSR count). The van der Waals surface area contributed by atoms with Crippen molar-refractivity contribution in [2.45, 2.75) is 44.1 Å². The van der Waals surface area contributed by atoms with E-state index in [1.54, 1.807) is 0 Å². The highest BCUT2D eigenvalue weighted by molar-refractivity contribution is 9.10. The molecule has 0 spiro atoms. The molecule has 0 bridgehead atoms. The molecule has 4 nitrogen and oxygen atoms in total. The van der Waals surface area contributed by atoms with Crippen molar-refractivity contribution in [1.82, 2.24) is 5.32 Å². The van der Waals surface area contributed by atoms with Crippen molar-refractivity contribution in [2.24, 2.45) is 0 Å². The second-order valence-corrected chi connectivity index (χ2v) is 6.41. The first-order chi connectivity index (χ1) is 9.92. The van der Waals surface area contributed by atoms with Gasteiger partial charge in [0.15, 0.2) is 0 Å². The molecule has 0 saturated heterocycles. The summed E-state index contributed by atoms with van der Waals surface area (Å²) in [5, 5.41) is 11.8. The van der Waals surface area contributed by atoms with Crippen molar-refractivity contribution in [3.8, 4) is 0 Å². The van der Waals surface area contributed by atoms with Crippen LogP contribution in [0.1, 0.15) is 48.9 Å². The number of amides is 1. The van der Waals surface area contributed by atoms with Gasteiger partial charge in [-0.15, -0.1) is 0 Å². The minimum atomic E-state index is -0.952. The fraction of sp³-hybridized carbons (Fsp3) is 0.467. The van der Waals surface area contributed by atoms with E-state index in [9.17, 15) is 14.0 Å². The number of carbonyl (C=O) groups excluding carboxylic acids is 1. The first-order valence-electron chi connectivity index (χ1n) is 6.91. The summed E-state index contributed by atoms with van der Waals surface area (Å²) in [4.78, 5) is 23.4. The lowest BCUT2D eigenvalue weighted by atomic mass is 9.79. The second-order valence-electron chi connectivity index (χ2n) is 5.49. The standard InChI is InChI=1S/C15H17BrFNO3/c16-10-4-5-12(17)11(8-10)14(21)18-15(9-13(19)20)6-2-1-3-7-15/h4-5,8H,1-3,6-7,9H2,(H,18,21)(H,19,20). The Morgan fingerprint density at radius 1 is 1.29 bits per heavy atom. The van der Waals surface area contributed by atoms with E-state index < -0.39 is 23.2 Å². The molecule has 0 radical (unpaired) electrons. The van der Waals surface area contributed by atoms with Crippen LogP contribution in [0.4, 0.5) is 4.39 Å². The number of hydrogen-bond donors (Lipinski definition) is 2. The third kappa shape index (κ3) is 4.03. The number of nitrogens with one attached hydrogen (secondary N) is 1. The smallest absolute Gasteiger partial charge is 0.305 e. The van der Waals surface area contributed by atoms with Crippen molar-refractivity contribution >= 4 is 27.8 Å². The Labute approximate surface area is 130 Å². The molecule has 1 saturated carbocycles. The van der Waals surface area contributed by atoms with Gasteiger partial charge in [0.2, 0.25) is 0 Å². The van der Waals surface area contributed by atoms with Crippen LogP contribution in [0.25, 0.3) is 0 Å². The number of aliphatic carboxylic acids is 1. The van der Waals surface area contributed by atoms with Crippen molar-refractivity contribution in [3.05, 3.63) is 34.1 Å². The minimum absolute atomic E-state index is 0.0697. The Kier molecular flexibility index (Phi) is 4.98. The van der Waals surface area contributed by atoms with Gasteiger partial charge in [0.25, 0.3) is 5.91 Å². The lowest BCUT2D eigenvalue weighted by Crippen LogP contribution is -2.51.